The summed E-state index contributed by atoms with van der Waals surface area (Å²) in [5, 5.41) is -0.215. The predicted molar refractivity (Wildman–Crippen MR) is 29.9 cm³/mol. The van der Waals surface area contributed by atoms with Crippen LogP contribution in [-0.4, -0.2) is 24.3 Å². The van der Waals surface area contributed by atoms with Gasteiger partial charge in [-0.1, -0.05) is 0 Å². The first-order valence-corrected chi connectivity index (χ1v) is 4.50. The highest BCUT2D eigenvalue weighted by Crippen LogP contribution is 1.95. The van der Waals surface area contributed by atoms with Crippen molar-refractivity contribution in [2.45, 2.75) is 0 Å². The molecule has 0 aliphatic rings. The molecule has 0 unspecified atom stereocenters. The highest BCUT2D eigenvalue weighted by Gasteiger charge is 1.98. The average molecular weight is 142 g/mol. The van der Waals surface area contributed by atoms with Crippen molar-refractivity contribution in [2.24, 2.45) is 0 Å². The third-order valence-corrected chi connectivity index (χ3v) is 2.40. The Balaban J connectivity index is 3.60. The molecule has 0 aliphatic carbocycles. The lowest BCUT2D eigenvalue weighted by molar-refractivity contribution is 0.489. The molecule has 0 aliphatic heterocycles. The van der Waals surface area contributed by atoms with Gasteiger partial charge in [-0.2, -0.15) is 8.42 Å². The summed E-state index contributed by atoms with van der Waals surface area (Å²) in [6.07, 6.45) is 1.60. The van der Waals surface area contributed by atoms with Gasteiger partial charge in [-0.3, -0.25) is 4.55 Å². The van der Waals surface area contributed by atoms with Gasteiger partial charge in [0.2, 0.25) is 0 Å². The van der Waals surface area contributed by atoms with Crippen LogP contribution in [-0.2, 0) is 10.1 Å². The van der Waals surface area contributed by atoms with Gasteiger partial charge in [-0.15, -0.1) is 11.8 Å². The van der Waals surface area contributed by atoms with E-state index in [9.17, 15) is 8.42 Å². The summed E-state index contributed by atoms with van der Waals surface area (Å²) in [5.74, 6) is 0. The lowest BCUT2D eigenvalue weighted by atomic mass is 11.9. The third-order valence-electron chi connectivity index (χ3n) is 0.267. The quantitative estimate of drug-likeness (QED) is 0.559. The molecular formula is C2H6O3S2. The fraction of sp³-hybridized carbons (Fsp3) is 1.00. The Morgan fingerprint density at radius 3 is 2.14 bits per heavy atom. The van der Waals surface area contributed by atoms with Gasteiger partial charge in [-0.25, -0.2) is 0 Å². The highest BCUT2D eigenvalue weighted by molar-refractivity contribution is 8.10. The van der Waals surface area contributed by atoms with Gasteiger partial charge in [0.05, 0.1) is 0 Å². The molecule has 0 saturated heterocycles. The molecule has 0 radical (unpaired) electrons. The molecule has 0 aromatic heterocycles. The van der Waals surface area contributed by atoms with E-state index in [1.807, 2.05) is 0 Å². The van der Waals surface area contributed by atoms with Gasteiger partial charge in [0.15, 0.2) is 0 Å². The summed E-state index contributed by atoms with van der Waals surface area (Å²) in [6.45, 7) is 0. The molecule has 0 heterocycles. The van der Waals surface area contributed by atoms with Gasteiger partial charge in [0.1, 0.15) is 5.08 Å². The minimum Gasteiger partial charge on any atom is -0.285 e. The topological polar surface area (TPSA) is 54.4 Å². The zero-order chi connectivity index (χ0) is 5.91. The van der Waals surface area contributed by atoms with Crippen LogP contribution < -0.4 is 0 Å². The van der Waals surface area contributed by atoms with Crippen LogP contribution in [0.2, 0.25) is 0 Å². The van der Waals surface area contributed by atoms with Crippen LogP contribution in [0.3, 0.4) is 0 Å². The van der Waals surface area contributed by atoms with Crippen molar-refractivity contribution in [2.75, 3.05) is 11.3 Å². The van der Waals surface area contributed by atoms with E-state index < -0.39 is 10.1 Å². The van der Waals surface area contributed by atoms with Crippen LogP contribution in [0.15, 0.2) is 0 Å². The molecule has 5 heteroatoms. The fourth-order valence-electron chi connectivity index (χ4n) is 0.149. The van der Waals surface area contributed by atoms with Gasteiger partial charge in [0.25, 0.3) is 10.1 Å². The Hall–Kier alpha value is 0.260. The highest BCUT2D eigenvalue weighted by atomic mass is 32.3. The SMILES string of the molecule is CSCS(=O)(=O)O. The number of hydrogen-bond donors (Lipinski definition) is 1. The van der Waals surface area contributed by atoms with Crippen molar-refractivity contribution in [3.63, 3.8) is 0 Å². The van der Waals surface area contributed by atoms with Crippen molar-refractivity contribution in [3.8, 4) is 0 Å². The standard InChI is InChI=1S/C2H6O3S2/c1-6-2-7(3,4)5/h2H2,1H3,(H,3,4,5). The minimum absolute atomic E-state index is 0.215. The largest absolute Gasteiger partial charge is 0.285 e. The summed E-state index contributed by atoms with van der Waals surface area (Å²) < 4.78 is 27.5. The van der Waals surface area contributed by atoms with Crippen LogP contribution in [0.25, 0.3) is 0 Å². The zero-order valence-corrected chi connectivity index (χ0v) is 5.42. The number of rotatable bonds is 2. The van der Waals surface area contributed by atoms with E-state index >= 15 is 0 Å². The maximum Gasteiger partial charge on any atom is 0.274 e. The van der Waals surface area contributed by atoms with Crippen LogP contribution in [0, 0.1) is 0 Å². The minimum atomic E-state index is -3.71. The molecule has 0 fully saturated rings. The molecule has 0 aromatic carbocycles. The molecule has 0 saturated carbocycles. The van der Waals surface area contributed by atoms with Crippen LogP contribution in [0.1, 0.15) is 0 Å². The average Bonchev–Trinajstić information content (AvgIpc) is 1.30. The Morgan fingerprint density at radius 1 is 1.71 bits per heavy atom. The van der Waals surface area contributed by atoms with Gasteiger partial charge in [0, 0.05) is 0 Å². The summed E-state index contributed by atoms with van der Waals surface area (Å²) in [7, 11) is -3.71. The Morgan fingerprint density at radius 2 is 2.14 bits per heavy atom. The van der Waals surface area contributed by atoms with Crippen LogP contribution in [0.5, 0.6) is 0 Å². The molecule has 3 nitrogen and oxygen atoms in total. The lowest BCUT2D eigenvalue weighted by Crippen LogP contribution is -1.98. The molecule has 0 amide bonds. The van der Waals surface area contributed by atoms with E-state index in [-0.39, 0.29) is 5.08 Å². The maximum atomic E-state index is 9.77. The first-order chi connectivity index (χ1) is 3.06. The van der Waals surface area contributed by atoms with Crippen molar-refractivity contribution >= 4 is 21.9 Å². The molecule has 1 N–H and O–H groups in total. The molecule has 0 aromatic rings. The smallest absolute Gasteiger partial charge is 0.274 e. The molecule has 0 atom stereocenters. The van der Waals surface area contributed by atoms with Gasteiger partial charge in [-0.05, 0) is 6.26 Å². The molecule has 0 rings (SSSR count). The number of hydrogen-bond acceptors (Lipinski definition) is 3. The molecule has 44 valence electrons. The first kappa shape index (κ1) is 7.26. The van der Waals surface area contributed by atoms with Gasteiger partial charge < -0.3 is 0 Å². The van der Waals surface area contributed by atoms with Crippen LogP contribution in [0.4, 0.5) is 0 Å². The molecule has 7 heavy (non-hydrogen) atoms. The second-order valence-corrected chi connectivity index (χ2v) is 3.67. The van der Waals surface area contributed by atoms with E-state index in [1.165, 1.54) is 0 Å². The fourth-order valence-corrected chi connectivity index (χ4v) is 1.34. The Labute approximate surface area is 46.9 Å². The van der Waals surface area contributed by atoms with E-state index in [2.05, 4.69) is 0 Å². The summed E-state index contributed by atoms with van der Waals surface area (Å²) in [5.41, 5.74) is 0. The lowest BCUT2D eigenvalue weighted by Gasteiger charge is -1.86. The van der Waals surface area contributed by atoms with Crippen molar-refractivity contribution < 1.29 is 13.0 Å². The predicted octanol–water partition coefficient (Wildman–Crippen LogP) is 0.195. The Kier molecular flexibility index (Phi) is 2.63. The zero-order valence-electron chi connectivity index (χ0n) is 3.79. The van der Waals surface area contributed by atoms with Gasteiger partial charge >= 0.3 is 0 Å². The van der Waals surface area contributed by atoms with Crippen molar-refractivity contribution in [1.29, 1.82) is 0 Å². The molecule has 0 bridgehead atoms. The third kappa shape index (κ3) is 6.26. The monoisotopic (exact) mass is 142 g/mol. The van der Waals surface area contributed by atoms with Crippen molar-refractivity contribution in [1.82, 2.24) is 0 Å². The van der Waals surface area contributed by atoms with E-state index in [0.717, 1.165) is 11.8 Å². The summed E-state index contributed by atoms with van der Waals surface area (Å²) >= 11 is 1.07. The second kappa shape index (κ2) is 2.54. The Bertz CT molecular complexity index is 124. The second-order valence-electron chi connectivity index (χ2n) is 0.988. The molecule has 0 spiro atoms. The van der Waals surface area contributed by atoms with E-state index in [0.29, 0.717) is 0 Å². The first-order valence-electron chi connectivity index (χ1n) is 1.50. The summed E-state index contributed by atoms with van der Waals surface area (Å²) in [6, 6.07) is 0. The van der Waals surface area contributed by atoms with E-state index in [1.54, 1.807) is 6.26 Å². The molecular weight excluding hydrogens is 136 g/mol. The normalized spacial score (nSPS) is 11.7. The van der Waals surface area contributed by atoms with E-state index in [4.69, 9.17) is 4.55 Å². The number of thioether (sulfide) groups is 1. The van der Waals surface area contributed by atoms with Crippen molar-refractivity contribution in [3.05, 3.63) is 0 Å². The summed E-state index contributed by atoms with van der Waals surface area (Å²) in [4.78, 5) is 0. The van der Waals surface area contributed by atoms with Crippen LogP contribution >= 0.6 is 11.8 Å². The maximum absolute atomic E-state index is 9.77.